The van der Waals surface area contributed by atoms with E-state index in [-0.39, 0.29) is 18.1 Å². The fraction of sp³-hybridized carbons (Fsp3) is 0.217. The Morgan fingerprint density at radius 1 is 1.06 bits per heavy atom. The topological polar surface area (TPSA) is 86.0 Å². The van der Waals surface area contributed by atoms with Gasteiger partial charge in [-0.25, -0.2) is 14.3 Å². The van der Waals surface area contributed by atoms with Crippen molar-refractivity contribution in [1.29, 1.82) is 0 Å². The molecule has 1 amide bonds. The average molecular weight is 467 g/mol. The lowest BCUT2D eigenvalue weighted by molar-refractivity contribution is -0.116. The van der Waals surface area contributed by atoms with Gasteiger partial charge in [0, 0.05) is 5.69 Å². The number of benzene rings is 2. The molecule has 0 aliphatic heterocycles. The molecule has 0 bridgehead atoms. The summed E-state index contributed by atoms with van der Waals surface area (Å²) in [5.41, 5.74) is 3.49. The number of aromatic nitrogens is 3. The van der Waals surface area contributed by atoms with Crippen molar-refractivity contribution < 1.29 is 4.79 Å². The molecule has 0 fully saturated rings. The van der Waals surface area contributed by atoms with Crippen LogP contribution in [0.3, 0.4) is 0 Å². The van der Waals surface area contributed by atoms with Crippen LogP contribution in [0.2, 0.25) is 0 Å². The predicted molar refractivity (Wildman–Crippen MR) is 131 cm³/mol. The van der Waals surface area contributed by atoms with Gasteiger partial charge in [0.25, 0.3) is 5.56 Å². The van der Waals surface area contributed by atoms with Crippen molar-refractivity contribution in [3.8, 4) is 5.69 Å². The number of anilines is 1. The van der Waals surface area contributed by atoms with E-state index in [4.69, 9.17) is 0 Å². The lowest BCUT2D eigenvalue weighted by Gasteiger charge is -2.12. The average Bonchev–Trinajstić information content (AvgIpc) is 3.20. The molecule has 0 saturated heterocycles. The monoisotopic (exact) mass is 466 g/mol. The van der Waals surface area contributed by atoms with E-state index < -0.39 is 11.2 Å². The molecular weight excluding hydrogens is 444 g/mol. The quantitative estimate of drug-likeness (QED) is 0.451. The van der Waals surface area contributed by atoms with E-state index in [9.17, 15) is 14.4 Å². The summed E-state index contributed by atoms with van der Waals surface area (Å²) in [6, 6.07) is 12.7. The predicted octanol–water partition coefficient (Wildman–Crippen LogP) is 3.89. The number of aryl methyl sites for hydroxylation is 3. The van der Waals surface area contributed by atoms with Gasteiger partial charge in [-0.05, 0) is 62.4 Å². The van der Waals surface area contributed by atoms with Gasteiger partial charge in [-0.3, -0.25) is 14.2 Å². The third kappa shape index (κ3) is 4.13. The van der Waals surface area contributed by atoms with Crippen LogP contribution in [0.15, 0.2) is 56.4 Å². The first-order valence-corrected chi connectivity index (χ1v) is 12.0. The summed E-state index contributed by atoms with van der Waals surface area (Å²) >= 11 is 2.61. The maximum atomic E-state index is 13.4. The number of hydrogen-bond donors (Lipinski definition) is 1. The fourth-order valence-electron chi connectivity index (χ4n) is 3.33. The van der Waals surface area contributed by atoms with Crippen molar-refractivity contribution in [3.63, 3.8) is 0 Å². The second kappa shape index (κ2) is 8.76. The van der Waals surface area contributed by atoms with Gasteiger partial charge in [0.05, 0.1) is 5.69 Å². The van der Waals surface area contributed by atoms with Crippen molar-refractivity contribution in [2.75, 3.05) is 11.6 Å². The molecule has 0 aliphatic rings. The highest BCUT2D eigenvalue weighted by Gasteiger charge is 2.20. The van der Waals surface area contributed by atoms with E-state index in [1.807, 2.05) is 57.4 Å². The van der Waals surface area contributed by atoms with Crippen molar-refractivity contribution in [3.05, 3.63) is 80.0 Å². The maximum absolute atomic E-state index is 13.4. The van der Waals surface area contributed by atoms with E-state index >= 15 is 0 Å². The third-order valence-electron chi connectivity index (χ3n) is 5.22. The number of thiazole rings is 1. The first kappa shape index (κ1) is 22.0. The number of nitrogens with zero attached hydrogens (tertiary/aromatic N) is 3. The minimum Gasteiger partial charge on any atom is -0.325 e. The standard InChI is InChI=1S/C23H22N4O3S2/c1-13-5-9-17(10-6-13)27-21(29)19-20(25-22(31-4)32-19)26(23(27)30)12-18(28)24-16-8-7-14(2)15(3)11-16/h5-11H,12H2,1-4H3,(H,24,28). The Morgan fingerprint density at radius 2 is 1.78 bits per heavy atom. The van der Waals surface area contributed by atoms with E-state index in [1.54, 1.807) is 12.1 Å². The molecule has 0 aliphatic carbocycles. The number of thioether (sulfide) groups is 1. The molecule has 0 atom stereocenters. The van der Waals surface area contributed by atoms with Gasteiger partial charge in [0.1, 0.15) is 11.2 Å². The van der Waals surface area contributed by atoms with Crippen LogP contribution >= 0.6 is 23.1 Å². The summed E-state index contributed by atoms with van der Waals surface area (Å²) in [7, 11) is 0. The molecule has 9 heteroatoms. The lowest BCUT2D eigenvalue weighted by Crippen LogP contribution is -2.40. The van der Waals surface area contributed by atoms with E-state index in [2.05, 4.69) is 10.3 Å². The van der Waals surface area contributed by atoms with Crippen molar-refractivity contribution in [2.24, 2.45) is 0 Å². The zero-order valence-corrected chi connectivity index (χ0v) is 19.8. The Kier molecular flexibility index (Phi) is 6.03. The fourth-order valence-corrected chi connectivity index (χ4v) is 4.82. The summed E-state index contributed by atoms with van der Waals surface area (Å²) in [6.07, 6.45) is 1.85. The molecule has 2 aromatic heterocycles. The number of carbonyl (C=O) groups is 1. The molecule has 4 rings (SSSR count). The maximum Gasteiger partial charge on any atom is 0.337 e. The number of nitrogens with one attached hydrogen (secondary N) is 1. The highest BCUT2D eigenvalue weighted by molar-refractivity contribution is 8.00. The van der Waals surface area contributed by atoms with Gasteiger partial charge in [-0.1, -0.05) is 35.5 Å². The van der Waals surface area contributed by atoms with Gasteiger partial charge < -0.3 is 5.32 Å². The van der Waals surface area contributed by atoms with Crippen LogP contribution in [0.25, 0.3) is 16.0 Å². The van der Waals surface area contributed by atoms with Gasteiger partial charge in [-0.15, -0.1) is 11.3 Å². The first-order chi connectivity index (χ1) is 15.3. The number of amides is 1. The molecule has 2 heterocycles. The van der Waals surface area contributed by atoms with E-state index in [0.717, 1.165) is 21.3 Å². The van der Waals surface area contributed by atoms with Crippen LogP contribution in [0.1, 0.15) is 16.7 Å². The lowest BCUT2D eigenvalue weighted by atomic mass is 10.1. The van der Waals surface area contributed by atoms with Gasteiger partial charge in [-0.2, -0.15) is 0 Å². The summed E-state index contributed by atoms with van der Waals surface area (Å²) in [4.78, 5) is 43.8. The zero-order valence-electron chi connectivity index (χ0n) is 18.1. The molecule has 1 N–H and O–H groups in total. The molecule has 32 heavy (non-hydrogen) atoms. The zero-order chi connectivity index (χ0) is 23.0. The van der Waals surface area contributed by atoms with Gasteiger partial charge >= 0.3 is 5.69 Å². The molecule has 0 spiro atoms. The minimum atomic E-state index is -0.598. The second-order valence-corrected chi connectivity index (χ2v) is 9.58. The molecule has 0 radical (unpaired) electrons. The smallest absolute Gasteiger partial charge is 0.325 e. The molecular formula is C23H22N4O3S2. The highest BCUT2D eigenvalue weighted by atomic mass is 32.2. The Balaban J connectivity index is 1.82. The number of rotatable bonds is 5. The third-order valence-corrected chi connectivity index (χ3v) is 7.24. The number of hydrogen-bond acceptors (Lipinski definition) is 6. The summed E-state index contributed by atoms with van der Waals surface area (Å²) in [6.45, 7) is 5.64. The van der Waals surface area contributed by atoms with Gasteiger partial charge in [0.15, 0.2) is 9.99 Å². The second-order valence-electron chi connectivity index (χ2n) is 7.53. The normalized spacial score (nSPS) is 11.1. The van der Waals surface area contributed by atoms with E-state index in [0.29, 0.717) is 20.4 Å². The summed E-state index contributed by atoms with van der Waals surface area (Å²) < 4.78 is 3.37. The summed E-state index contributed by atoms with van der Waals surface area (Å²) in [5.74, 6) is -0.371. The van der Waals surface area contributed by atoms with Crippen molar-refractivity contribution in [1.82, 2.24) is 14.1 Å². The highest BCUT2D eigenvalue weighted by Crippen LogP contribution is 2.25. The SMILES string of the molecule is CSc1nc2c(s1)c(=O)n(-c1ccc(C)cc1)c(=O)n2CC(=O)Nc1ccc(C)c(C)c1. The van der Waals surface area contributed by atoms with Crippen LogP contribution in [0, 0.1) is 20.8 Å². The molecule has 0 unspecified atom stereocenters. The van der Waals surface area contributed by atoms with Crippen molar-refractivity contribution >= 4 is 45.0 Å². The minimum absolute atomic E-state index is 0.230. The molecule has 7 nitrogen and oxygen atoms in total. The summed E-state index contributed by atoms with van der Waals surface area (Å²) in [5, 5.41) is 2.84. The molecule has 4 aromatic rings. The largest absolute Gasteiger partial charge is 0.337 e. The Labute approximate surface area is 192 Å². The van der Waals surface area contributed by atoms with Crippen LogP contribution in [-0.4, -0.2) is 26.3 Å². The van der Waals surface area contributed by atoms with E-state index in [1.165, 1.54) is 27.7 Å². The Bertz CT molecular complexity index is 1450. The van der Waals surface area contributed by atoms with Gasteiger partial charge in [0.2, 0.25) is 5.91 Å². The van der Waals surface area contributed by atoms with Crippen LogP contribution < -0.4 is 16.6 Å². The molecule has 164 valence electrons. The molecule has 2 aromatic carbocycles. The van der Waals surface area contributed by atoms with Crippen molar-refractivity contribution in [2.45, 2.75) is 31.7 Å². The first-order valence-electron chi connectivity index (χ1n) is 9.93. The number of carbonyl (C=O) groups excluding carboxylic acids is 1. The van der Waals surface area contributed by atoms with Crippen LogP contribution in [0.4, 0.5) is 5.69 Å². The molecule has 0 saturated carbocycles. The van der Waals surface area contributed by atoms with Crippen LogP contribution in [-0.2, 0) is 11.3 Å². The Hall–Kier alpha value is -3.17. The number of fused-ring (bicyclic) bond motifs is 1. The Morgan fingerprint density at radius 3 is 2.44 bits per heavy atom. The van der Waals surface area contributed by atoms with Crippen LogP contribution in [0.5, 0.6) is 0 Å².